The molecular formula is C39H42F6N6O6S2. The number of carbonyl (C=O) groups excluding carboxylic acids is 2. The number of anilines is 1. The number of ether oxygens (including phenoxy) is 4. The third kappa shape index (κ3) is 9.19. The number of rotatable bonds is 10. The first-order valence-electron chi connectivity index (χ1n) is 18.3. The molecule has 3 aromatic rings. The minimum atomic E-state index is -1.35. The summed E-state index contributed by atoms with van der Waals surface area (Å²) in [6.07, 6.45) is 0.597. The number of methoxy groups -OCH3 is 1. The van der Waals surface area contributed by atoms with Gasteiger partial charge in [-0.1, -0.05) is 11.8 Å². The van der Waals surface area contributed by atoms with Crippen LogP contribution in [0.2, 0.25) is 0 Å². The minimum absolute atomic E-state index is 0.0350. The molecule has 2 fully saturated rings. The highest BCUT2D eigenvalue weighted by Crippen LogP contribution is 2.50. The van der Waals surface area contributed by atoms with Gasteiger partial charge in [0.15, 0.2) is 34.2 Å². The highest BCUT2D eigenvalue weighted by atomic mass is 32.2. The Labute approximate surface area is 344 Å². The van der Waals surface area contributed by atoms with E-state index in [1.165, 1.54) is 55.2 Å². The monoisotopic (exact) mass is 868 g/mol. The third-order valence-corrected chi connectivity index (χ3v) is 12.2. The van der Waals surface area contributed by atoms with Crippen molar-refractivity contribution >= 4 is 51.2 Å². The van der Waals surface area contributed by atoms with Gasteiger partial charge in [0.1, 0.15) is 35.7 Å². The molecule has 2 aromatic carbocycles. The molecule has 318 valence electrons. The van der Waals surface area contributed by atoms with Crippen LogP contribution in [-0.4, -0.2) is 94.9 Å². The topological polar surface area (TPSA) is 174 Å². The molecule has 0 saturated carbocycles. The van der Waals surface area contributed by atoms with E-state index in [1.54, 1.807) is 20.8 Å². The number of amidine groups is 1. The van der Waals surface area contributed by atoms with E-state index < -0.39 is 89.1 Å². The molecule has 0 unspecified atom stereocenters. The number of Topliss-reactive ketones (excluding diaryl/α,β-unsaturated/α-hetero) is 1. The van der Waals surface area contributed by atoms with Crippen LogP contribution in [0.5, 0.6) is 5.88 Å². The number of aliphatic imine (C=N–C) groups is 2. The van der Waals surface area contributed by atoms with Crippen molar-refractivity contribution in [2.24, 2.45) is 27.6 Å². The summed E-state index contributed by atoms with van der Waals surface area (Å²) < 4.78 is 106. The maximum Gasteiger partial charge on any atom is 0.312 e. The first-order chi connectivity index (χ1) is 27.9. The molecule has 0 spiro atoms. The summed E-state index contributed by atoms with van der Waals surface area (Å²) >= 11 is 2.49. The van der Waals surface area contributed by atoms with Crippen molar-refractivity contribution in [3.8, 4) is 5.88 Å². The number of nitrogen functional groups attached to an aromatic ring is 1. The van der Waals surface area contributed by atoms with Gasteiger partial charge in [-0.05, 0) is 50.6 Å². The second kappa shape index (κ2) is 17.7. The normalized spacial score (nSPS) is 26.1. The fraction of sp³-hybridized carbons (Fsp3) is 0.487. The number of aromatic nitrogens is 2. The SMILES string of the molecule is CC(C)(C)OC(=O)CC1=N[C@@]2(c3cc(N)cc(F)c3F)CO[C@H](CF)[C@H]2CS1.COc1cnc(C(=O)Cc2cc(F)c(F)c([C@]34CO[C@H](CF)[C@H]3CSC(N)=N4)c2)cn1. The van der Waals surface area contributed by atoms with Crippen LogP contribution < -0.4 is 16.2 Å². The van der Waals surface area contributed by atoms with Crippen LogP contribution in [0.15, 0.2) is 46.6 Å². The van der Waals surface area contributed by atoms with Crippen LogP contribution in [0.3, 0.4) is 0 Å². The van der Waals surface area contributed by atoms with Crippen molar-refractivity contribution in [3.63, 3.8) is 0 Å². The Bertz CT molecular complexity index is 2150. The van der Waals surface area contributed by atoms with E-state index in [2.05, 4.69) is 20.0 Å². The summed E-state index contributed by atoms with van der Waals surface area (Å²) in [5.41, 5.74) is 8.39. The predicted molar refractivity (Wildman–Crippen MR) is 210 cm³/mol. The van der Waals surface area contributed by atoms with Crippen molar-refractivity contribution in [2.45, 2.75) is 62.5 Å². The number of carbonyl (C=O) groups is 2. The number of fused-ring (bicyclic) bond motifs is 2. The van der Waals surface area contributed by atoms with Crippen LogP contribution in [0.1, 0.15) is 54.4 Å². The van der Waals surface area contributed by atoms with Gasteiger partial charge < -0.3 is 30.4 Å². The fourth-order valence-electron chi connectivity index (χ4n) is 7.50. The van der Waals surface area contributed by atoms with Crippen molar-refractivity contribution < 1.29 is 54.9 Å². The second-order valence-electron chi connectivity index (χ2n) is 15.3. The lowest BCUT2D eigenvalue weighted by Crippen LogP contribution is -2.43. The van der Waals surface area contributed by atoms with Crippen molar-refractivity contribution in [1.82, 2.24) is 9.97 Å². The van der Waals surface area contributed by atoms with Crippen molar-refractivity contribution in [3.05, 3.63) is 82.3 Å². The van der Waals surface area contributed by atoms with Gasteiger partial charge >= 0.3 is 5.97 Å². The molecule has 12 nitrogen and oxygen atoms in total. The largest absolute Gasteiger partial charge is 0.480 e. The standard InChI is InChI=1S/C20H19F3N4O3S.C19H23F3N2O3S/c1-29-17-7-25-14(6-26-17)15(28)4-10-2-11(18(23)13(22)3-10)20-9-30-16(5-21)12(20)8-31-19(24)27-20;1-18(2,3)27-16(25)6-15-24-19(9-26-14(7-20)12(19)8-28-15)11-4-10(23)5-13(21)17(11)22/h2-3,6-7,12,16H,4-5,8-9H2,1H3,(H2,24,27);4-5,12,14H,6-9,23H2,1-3H3/t12-,16-,20-;12-,14-,19-/m11/s1. The zero-order valence-corrected chi connectivity index (χ0v) is 34.0. The van der Waals surface area contributed by atoms with Gasteiger partial charge in [0.05, 0.1) is 56.4 Å². The number of nitrogens with two attached hydrogens (primary N) is 2. The number of thioether (sulfide) groups is 2. The van der Waals surface area contributed by atoms with Crippen LogP contribution in [-0.2, 0) is 36.5 Å². The molecule has 0 bridgehead atoms. The number of ketones is 1. The van der Waals surface area contributed by atoms with Crippen LogP contribution >= 0.6 is 23.5 Å². The summed E-state index contributed by atoms with van der Waals surface area (Å²) in [6, 6.07) is 4.51. The zero-order chi connectivity index (χ0) is 42.9. The molecule has 6 atom stereocenters. The van der Waals surface area contributed by atoms with E-state index in [1.807, 2.05) is 0 Å². The smallest absolute Gasteiger partial charge is 0.312 e. The molecular weight excluding hydrogens is 827 g/mol. The summed E-state index contributed by atoms with van der Waals surface area (Å²) in [4.78, 5) is 41.6. The molecule has 59 heavy (non-hydrogen) atoms. The summed E-state index contributed by atoms with van der Waals surface area (Å²) in [5, 5.41) is 0.602. The minimum Gasteiger partial charge on any atom is -0.480 e. The molecule has 2 saturated heterocycles. The van der Waals surface area contributed by atoms with Crippen LogP contribution in [0.25, 0.3) is 0 Å². The Hall–Kier alpha value is -4.40. The lowest BCUT2D eigenvalue weighted by molar-refractivity contribution is -0.153. The van der Waals surface area contributed by atoms with Gasteiger partial charge in [-0.3, -0.25) is 14.6 Å². The number of esters is 1. The molecule has 0 amide bonds. The van der Waals surface area contributed by atoms with E-state index in [4.69, 9.17) is 30.4 Å². The maximum absolute atomic E-state index is 14.9. The van der Waals surface area contributed by atoms with Crippen LogP contribution in [0.4, 0.5) is 32.0 Å². The van der Waals surface area contributed by atoms with E-state index in [0.29, 0.717) is 16.5 Å². The Balaban J connectivity index is 0.000000199. The van der Waals surface area contributed by atoms with Gasteiger partial charge in [-0.2, -0.15) is 0 Å². The molecule has 4 aliphatic rings. The number of nitrogens with zero attached hydrogens (tertiary/aromatic N) is 4. The van der Waals surface area contributed by atoms with Gasteiger partial charge in [0.25, 0.3) is 0 Å². The Morgan fingerprint density at radius 2 is 1.42 bits per heavy atom. The molecule has 7 rings (SSSR count). The molecule has 20 heteroatoms. The van der Waals surface area contributed by atoms with Crippen molar-refractivity contribution in [2.75, 3.05) is 50.9 Å². The average molecular weight is 869 g/mol. The van der Waals surface area contributed by atoms with E-state index in [0.717, 1.165) is 12.1 Å². The lowest BCUT2D eigenvalue weighted by atomic mass is 9.78. The van der Waals surface area contributed by atoms with Crippen molar-refractivity contribution in [1.29, 1.82) is 0 Å². The lowest BCUT2D eigenvalue weighted by Gasteiger charge is -2.36. The number of hydrogen-bond acceptors (Lipinski definition) is 14. The van der Waals surface area contributed by atoms with Gasteiger partial charge in [0, 0.05) is 46.6 Å². The average Bonchev–Trinajstić information content (AvgIpc) is 3.75. The Morgan fingerprint density at radius 1 is 0.831 bits per heavy atom. The first kappa shape index (κ1) is 44.2. The van der Waals surface area contributed by atoms with E-state index in [9.17, 15) is 35.9 Å². The third-order valence-electron chi connectivity index (χ3n) is 10.2. The Kier molecular flexibility index (Phi) is 13.2. The summed E-state index contributed by atoms with van der Waals surface area (Å²) in [6.45, 7) is 3.45. The number of alkyl halides is 2. The number of hydrogen-bond donors (Lipinski definition) is 2. The summed E-state index contributed by atoms with van der Waals surface area (Å²) in [5.74, 6) is -5.44. The zero-order valence-electron chi connectivity index (χ0n) is 32.4. The van der Waals surface area contributed by atoms with Gasteiger partial charge in [0.2, 0.25) is 5.88 Å². The van der Waals surface area contributed by atoms with E-state index >= 15 is 0 Å². The molecule has 0 aliphatic carbocycles. The molecule has 4 N–H and O–H groups in total. The molecule has 5 heterocycles. The maximum atomic E-state index is 14.9. The molecule has 1 aromatic heterocycles. The Morgan fingerprint density at radius 3 is 2.00 bits per heavy atom. The quantitative estimate of drug-likeness (QED) is 0.105. The number of halogens is 6. The number of benzene rings is 2. The predicted octanol–water partition coefficient (Wildman–Crippen LogP) is 6.03. The highest BCUT2D eigenvalue weighted by molar-refractivity contribution is 8.14. The first-order valence-corrected chi connectivity index (χ1v) is 20.3. The highest BCUT2D eigenvalue weighted by Gasteiger charge is 2.56. The fourth-order valence-corrected chi connectivity index (χ4v) is 9.87. The molecule has 0 radical (unpaired) electrons. The second-order valence-corrected chi connectivity index (χ2v) is 17.4. The molecule has 4 aliphatic heterocycles. The van der Waals surface area contributed by atoms with Gasteiger partial charge in [-0.25, -0.2) is 41.3 Å². The van der Waals surface area contributed by atoms with Crippen LogP contribution in [0, 0.1) is 35.1 Å². The van der Waals surface area contributed by atoms with Gasteiger partial charge in [-0.15, -0.1) is 11.8 Å². The summed E-state index contributed by atoms with van der Waals surface area (Å²) in [7, 11) is 1.42. The van der Waals surface area contributed by atoms with E-state index in [-0.39, 0.29) is 65.2 Å².